The molecule has 1 aromatic heterocycles. The molecular formula is C13H18FN3O3. The van der Waals surface area contributed by atoms with Crippen LogP contribution in [0, 0.1) is 18.7 Å². The number of carbonyl (C=O) groups is 1. The van der Waals surface area contributed by atoms with E-state index >= 15 is 0 Å². The highest BCUT2D eigenvalue weighted by molar-refractivity contribution is 5.72. The zero-order chi connectivity index (χ0) is 14.7. The summed E-state index contributed by atoms with van der Waals surface area (Å²) < 4.78 is 19.5. The van der Waals surface area contributed by atoms with Crippen molar-refractivity contribution in [3.05, 3.63) is 17.8 Å². The maximum absolute atomic E-state index is 14.2. The fourth-order valence-corrected chi connectivity index (χ4v) is 2.40. The van der Waals surface area contributed by atoms with Crippen LogP contribution in [0.2, 0.25) is 0 Å². The number of anilines is 1. The maximum atomic E-state index is 14.2. The summed E-state index contributed by atoms with van der Waals surface area (Å²) in [5, 5.41) is 9.24. The van der Waals surface area contributed by atoms with Gasteiger partial charge in [0.25, 0.3) is 0 Å². The van der Waals surface area contributed by atoms with Crippen LogP contribution in [0.5, 0.6) is 0 Å². The van der Waals surface area contributed by atoms with Crippen molar-refractivity contribution in [2.75, 3.05) is 24.7 Å². The molecule has 1 aliphatic heterocycles. The van der Waals surface area contributed by atoms with E-state index in [9.17, 15) is 14.3 Å². The second-order valence-electron chi connectivity index (χ2n) is 4.84. The van der Waals surface area contributed by atoms with Crippen molar-refractivity contribution in [3.63, 3.8) is 0 Å². The van der Waals surface area contributed by atoms with E-state index in [1.807, 2.05) is 6.92 Å². The fraction of sp³-hybridized carbons (Fsp3) is 0.615. The van der Waals surface area contributed by atoms with Gasteiger partial charge in [0.05, 0.1) is 24.9 Å². The van der Waals surface area contributed by atoms with Gasteiger partial charge in [0.15, 0.2) is 11.6 Å². The van der Waals surface area contributed by atoms with E-state index in [-0.39, 0.29) is 24.7 Å². The first-order chi connectivity index (χ1) is 9.56. The first-order valence-corrected chi connectivity index (χ1v) is 6.60. The summed E-state index contributed by atoms with van der Waals surface area (Å²) in [7, 11) is 0. The van der Waals surface area contributed by atoms with Crippen LogP contribution in [0.3, 0.4) is 0 Å². The largest absolute Gasteiger partial charge is 0.481 e. The molecule has 2 atom stereocenters. The summed E-state index contributed by atoms with van der Waals surface area (Å²) in [6.07, 6.45) is 2.05. The topological polar surface area (TPSA) is 75.5 Å². The number of carboxylic acid groups (broad SMARTS) is 1. The SMILES string of the molecule is CCCN(c1ncnc(C)c1F)C1COCC1C(=O)O. The Morgan fingerprint density at radius 1 is 1.55 bits per heavy atom. The molecule has 0 saturated carbocycles. The molecule has 0 radical (unpaired) electrons. The highest BCUT2D eigenvalue weighted by Gasteiger charge is 2.39. The smallest absolute Gasteiger partial charge is 0.311 e. The molecule has 7 heteroatoms. The molecule has 2 unspecified atom stereocenters. The Hall–Kier alpha value is -1.76. The minimum atomic E-state index is -0.931. The number of aliphatic carboxylic acids is 1. The third-order valence-corrected chi connectivity index (χ3v) is 3.45. The van der Waals surface area contributed by atoms with Crippen LogP contribution in [-0.2, 0) is 9.53 Å². The number of ether oxygens (including phenoxy) is 1. The van der Waals surface area contributed by atoms with Crippen molar-refractivity contribution >= 4 is 11.8 Å². The van der Waals surface area contributed by atoms with E-state index in [2.05, 4.69) is 9.97 Å². The lowest BCUT2D eigenvalue weighted by Crippen LogP contribution is -2.44. The van der Waals surface area contributed by atoms with E-state index < -0.39 is 23.7 Å². The lowest BCUT2D eigenvalue weighted by Gasteiger charge is -2.31. The average Bonchev–Trinajstić information content (AvgIpc) is 2.89. The number of hydrogen-bond donors (Lipinski definition) is 1. The molecule has 0 aliphatic carbocycles. The van der Waals surface area contributed by atoms with Crippen molar-refractivity contribution in [2.45, 2.75) is 26.3 Å². The Labute approximate surface area is 116 Å². The molecule has 0 aromatic carbocycles. The summed E-state index contributed by atoms with van der Waals surface area (Å²) in [5.74, 6) is -1.95. The zero-order valence-corrected chi connectivity index (χ0v) is 11.5. The van der Waals surface area contributed by atoms with Gasteiger partial charge >= 0.3 is 5.97 Å². The van der Waals surface area contributed by atoms with Crippen LogP contribution >= 0.6 is 0 Å². The molecule has 20 heavy (non-hydrogen) atoms. The second-order valence-corrected chi connectivity index (χ2v) is 4.84. The van der Waals surface area contributed by atoms with Gasteiger partial charge in [-0.25, -0.2) is 14.4 Å². The molecule has 110 valence electrons. The van der Waals surface area contributed by atoms with Gasteiger partial charge in [0, 0.05) is 6.54 Å². The van der Waals surface area contributed by atoms with Gasteiger partial charge in [0.1, 0.15) is 12.2 Å². The van der Waals surface area contributed by atoms with Gasteiger partial charge in [-0.1, -0.05) is 6.92 Å². The monoisotopic (exact) mass is 283 g/mol. The standard InChI is InChI=1S/C13H18FN3O3/c1-3-4-17(10-6-20-5-9(10)13(18)19)12-11(14)8(2)15-7-16-12/h7,9-10H,3-6H2,1-2H3,(H,18,19). The molecule has 1 saturated heterocycles. The third kappa shape index (κ3) is 2.72. The predicted octanol–water partition coefficient (Wildman–Crippen LogP) is 1.24. The van der Waals surface area contributed by atoms with Crippen LogP contribution in [0.15, 0.2) is 6.33 Å². The van der Waals surface area contributed by atoms with Crippen LogP contribution in [0.1, 0.15) is 19.0 Å². The number of rotatable bonds is 5. The molecule has 2 rings (SSSR count). The molecule has 6 nitrogen and oxygen atoms in total. The van der Waals surface area contributed by atoms with Crippen LogP contribution in [0.4, 0.5) is 10.2 Å². The zero-order valence-electron chi connectivity index (χ0n) is 11.5. The molecule has 1 aliphatic rings. The van der Waals surface area contributed by atoms with E-state index in [1.165, 1.54) is 6.33 Å². The lowest BCUT2D eigenvalue weighted by atomic mass is 10.0. The van der Waals surface area contributed by atoms with E-state index in [0.29, 0.717) is 6.54 Å². The molecule has 1 fully saturated rings. The Bertz CT molecular complexity index is 498. The molecule has 0 bridgehead atoms. The molecule has 0 spiro atoms. The quantitative estimate of drug-likeness (QED) is 0.876. The number of halogens is 1. The first-order valence-electron chi connectivity index (χ1n) is 6.60. The Morgan fingerprint density at radius 2 is 2.30 bits per heavy atom. The fourth-order valence-electron chi connectivity index (χ4n) is 2.40. The van der Waals surface area contributed by atoms with Gasteiger partial charge in [-0.15, -0.1) is 0 Å². The molecular weight excluding hydrogens is 265 g/mol. The number of carboxylic acids is 1. The normalized spacial score (nSPS) is 21.9. The van der Waals surface area contributed by atoms with Gasteiger partial charge in [-0.3, -0.25) is 4.79 Å². The summed E-state index contributed by atoms with van der Waals surface area (Å²) in [6.45, 7) is 4.44. The van der Waals surface area contributed by atoms with Crippen LogP contribution in [-0.4, -0.2) is 46.8 Å². The Morgan fingerprint density at radius 3 is 2.95 bits per heavy atom. The van der Waals surface area contributed by atoms with Crippen molar-refractivity contribution in [2.24, 2.45) is 5.92 Å². The number of aromatic nitrogens is 2. The number of nitrogens with zero attached hydrogens (tertiary/aromatic N) is 3. The molecule has 1 N–H and O–H groups in total. The summed E-state index contributed by atoms with van der Waals surface area (Å²) in [6, 6.07) is -0.406. The number of hydrogen-bond acceptors (Lipinski definition) is 5. The minimum Gasteiger partial charge on any atom is -0.481 e. The van der Waals surface area contributed by atoms with E-state index in [4.69, 9.17) is 4.74 Å². The summed E-state index contributed by atoms with van der Waals surface area (Å²) >= 11 is 0. The van der Waals surface area contributed by atoms with Crippen molar-refractivity contribution < 1.29 is 19.0 Å². The minimum absolute atomic E-state index is 0.145. The van der Waals surface area contributed by atoms with Gasteiger partial charge in [-0.2, -0.15) is 0 Å². The lowest BCUT2D eigenvalue weighted by molar-refractivity contribution is -0.142. The van der Waals surface area contributed by atoms with Crippen LogP contribution < -0.4 is 4.90 Å². The van der Waals surface area contributed by atoms with Gasteiger partial charge < -0.3 is 14.7 Å². The number of aryl methyl sites for hydroxylation is 1. The Kier molecular flexibility index (Phi) is 4.49. The van der Waals surface area contributed by atoms with Gasteiger partial charge in [0.2, 0.25) is 0 Å². The van der Waals surface area contributed by atoms with Crippen molar-refractivity contribution in [1.29, 1.82) is 0 Å². The van der Waals surface area contributed by atoms with Crippen molar-refractivity contribution in [3.8, 4) is 0 Å². The average molecular weight is 283 g/mol. The maximum Gasteiger partial charge on any atom is 0.311 e. The summed E-state index contributed by atoms with van der Waals surface area (Å²) in [5.41, 5.74) is 0.252. The second kappa shape index (κ2) is 6.13. The third-order valence-electron chi connectivity index (χ3n) is 3.45. The van der Waals surface area contributed by atoms with Gasteiger partial charge in [-0.05, 0) is 13.3 Å². The highest BCUT2D eigenvalue weighted by atomic mass is 19.1. The molecule has 0 amide bonds. The molecule has 2 heterocycles. The molecule has 1 aromatic rings. The highest BCUT2D eigenvalue weighted by Crippen LogP contribution is 2.27. The van der Waals surface area contributed by atoms with E-state index in [1.54, 1.807) is 11.8 Å². The van der Waals surface area contributed by atoms with Crippen molar-refractivity contribution in [1.82, 2.24) is 9.97 Å². The Balaban J connectivity index is 2.35. The first kappa shape index (κ1) is 14.6. The van der Waals surface area contributed by atoms with E-state index in [0.717, 1.165) is 6.42 Å². The van der Waals surface area contributed by atoms with Crippen LogP contribution in [0.25, 0.3) is 0 Å². The predicted molar refractivity (Wildman–Crippen MR) is 70.1 cm³/mol. The summed E-state index contributed by atoms with van der Waals surface area (Å²) in [4.78, 5) is 20.8.